The number of hydrogen-bond acceptors (Lipinski definition) is 6. The molecule has 3 aliphatic rings. The predicted octanol–water partition coefficient (Wildman–Crippen LogP) is 2.68. The lowest BCUT2D eigenvalue weighted by Crippen LogP contribution is -2.58. The number of ether oxygens (including phenoxy) is 2. The van der Waals surface area contributed by atoms with Gasteiger partial charge in [0.2, 0.25) is 0 Å². The highest BCUT2D eigenvalue weighted by Crippen LogP contribution is 2.61. The SMILES string of the molecule is CC(=O)OC1CC(C)=C(CCC2=CC(=O)OC2)C2(C)CC(O)CC(C)(CO)C12. The first-order valence-corrected chi connectivity index (χ1v) is 10.1. The van der Waals surface area contributed by atoms with E-state index in [1.165, 1.54) is 18.1 Å². The molecule has 1 heterocycles. The average molecular weight is 392 g/mol. The molecule has 3 rings (SSSR count). The van der Waals surface area contributed by atoms with E-state index in [0.29, 0.717) is 25.9 Å². The van der Waals surface area contributed by atoms with Gasteiger partial charge in [-0.1, -0.05) is 25.0 Å². The Balaban J connectivity index is 1.97. The van der Waals surface area contributed by atoms with Crippen molar-refractivity contribution in [2.45, 2.75) is 72.0 Å². The van der Waals surface area contributed by atoms with Crippen molar-refractivity contribution in [2.24, 2.45) is 16.7 Å². The van der Waals surface area contributed by atoms with Gasteiger partial charge in [-0.15, -0.1) is 0 Å². The number of hydrogen-bond donors (Lipinski definition) is 2. The van der Waals surface area contributed by atoms with E-state index in [1.54, 1.807) is 6.08 Å². The van der Waals surface area contributed by atoms with Crippen molar-refractivity contribution in [1.82, 2.24) is 0 Å². The summed E-state index contributed by atoms with van der Waals surface area (Å²) >= 11 is 0. The van der Waals surface area contributed by atoms with Gasteiger partial charge in [0.25, 0.3) is 0 Å². The largest absolute Gasteiger partial charge is 0.462 e. The van der Waals surface area contributed by atoms with Gasteiger partial charge < -0.3 is 19.7 Å². The zero-order valence-electron chi connectivity index (χ0n) is 17.3. The van der Waals surface area contributed by atoms with E-state index in [-0.39, 0.29) is 36.0 Å². The van der Waals surface area contributed by atoms with Crippen LogP contribution in [-0.4, -0.2) is 47.6 Å². The van der Waals surface area contributed by atoms with E-state index in [1.807, 2.05) is 6.92 Å². The Labute approximate surface area is 166 Å². The first-order chi connectivity index (χ1) is 13.1. The second kappa shape index (κ2) is 7.64. The Morgan fingerprint density at radius 3 is 2.61 bits per heavy atom. The number of carbonyl (C=O) groups excluding carboxylic acids is 2. The quantitative estimate of drug-likeness (QED) is 0.552. The number of aliphatic hydroxyl groups is 2. The summed E-state index contributed by atoms with van der Waals surface area (Å²) in [6, 6.07) is 0. The Morgan fingerprint density at radius 1 is 1.32 bits per heavy atom. The van der Waals surface area contributed by atoms with Crippen molar-refractivity contribution in [3.05, 3.63) is 22.8 Å². The fourth-order valence-corrected chi connectivity index (χ4v) is 6.15. The average Bonchev–Trinajstić information content (AvgIpc) is 2.97. The van der Waals surface area contributed by atoms with Crippen LogP contribution in [0.5, 0.6) is 0 Å². The first-order valence-electron chi connectivity index (χ1n) is 10.1. The molecule has 2 N–H and O–H groups in total. The number of carbonyl (C=O) groups is 2. The molecule has 0 aromatic rings. The minimum absolute atomic E-state index is 0.0676. The number of esters is 2. The van der Waals surface area contributed by atoms with Crippen LogP contribution < -0.4 is 0 Å². The molecule has 1 saturated carbocycles. The lowest BCUT2D eigenvalue weighted by Gasteiger charge is -2.59. The fraction of sp³-hybridized carbons (Fsp3) is 0.727. The molecule has 6 heteroatoms. The second-order valence-electron chi connectivity index (χ2n) is 9.29. The number of cyclic esters (lactones) is 1. The van der Waals surface area contributed by atoms with Crippen LogP contribution in [0.3, 0.4) is 0 Å². The zero-order chi connectivity index (χ0) is 20.7. The predicted molar refractivity (Wildman–Crippen MR) is 103 cm³/mol. The third-order valence-corrected chi connectivity index (χ3v) is 6.98. The second-order valence-corrected chi connectivity index (χ2v) is 9.29. The van der Waals surface area contributed by atoms with E-state index >= 15 is 0 Å². The highest BCUT2D eigenvalue weighted by Gasteiger charge is 2.58. The van der Waals surface area contributed by atoms with Crippen LogP contribution in [0, 0.1) is 16.7 Å². The van der Waals surface area contributed by atoms with Gasteiger partial charge in [0.05, 0.1) is 6.10 Å². The summed E-state index contributed by atoms with van der Waals surface area (Å²) in [4.78, 5) is 23.1. The molecule has 0 aromatic heterocycles. The van der Waals surface area contributed by atoms with Crippen LogP contribution in [0.25, 0.3) is 0 Å². The molecule has 0 spiro atoms. The van der Waals surface area contributed by atoms with Gasteiger partial charge in [-0.05, 0) is 43.6 Å². The topological polar surface area (TPSA) is 93.1 Å². The number of rotatable bonds is 5. The summed E-state index contributed by atoms with van der Waals surface area (Å²) in [6.45, 7) is 7.88. The van der Waals surface area contributed by atoms with Crippen molar-refractivity contribution in [1.29, 1.82) is 0 Å². The minimum Gasteiger partial charge on any atom is -0.462 e. The van der Waals surface area contributed by atoms with E-state index in [0.717, 1.165) is 18.4 Å². The van der Waals surface area contributed by atoms with E-state index in [9.17, 15) is 19.8 Å². The molecule has 0 saturated heterocycles. The van der Waals surface area contributed by atoms with Crippen LogP contribution in [0.1, 0.15) is 59.8 Å². The molecule has 156 valence electrons. The first kappa shape index (κ1) is 21.1. The summed E-state index contributed by atoms with van der Waals surface area (Å²) in [5.41, 5.74) is 2.48. The summed E-state index contributed by atoms with van der Waals surface area (Å²) in [5, 5.41) is 20.9. The maximum atomic E-state index is 11.8. The fourth-order valence-electron chi connectivity index (χ4n) is 6.15. The number of fused-ring (bicyclic) bond motifs is 1. The highest BCUT2D eigenvalue weighted by atomic mass is 16.5. The van der Waals surface area contributed by atoms with Crippen LogP contribution in [0.15, 0.2) is 22.8 Å². The minimum atomic E-state index is -0.538. The van der Waals surface area contributed by atoms with Crippen LogP contribution in [0.4, 0.5) is 0 Å². The lowest BCUT2D eigenvalue weighted by molar-refractivity contribution is -0.172. The van der Waals surface area contributed by atoms with Gasteiger partial charge in [0.15, 0.2) is 0 Å². The molecule has 1 fully saturated rings. The van der Waals surface area contributed by atoms with Crippen molar-refractivity contribution in [3.8, 4) is 0 Å². The lowest BCUT2D eigenvalue weighted by atomic mass is 9.48. The third kappa shape index (κ3) is 3.77. The standard InChI is InChI=1S/C22H32O6/c1-13-7-18(28-14(2)24)20-21(3,12-23)9-16(25)10-22(20,4)17(13)6-5-15-8-19(26)27-11-15/h8,16,18,20,23,25H,5-7,9-12H2,1-4H3. The Morgan fingerprint density at radius 2 is 2.04 bits per heavy atom. The molecule has 6 nitrogen and oxygen atoms in total. The van der Waals surface area contributed by atoms with Gasteiger partial charge in [-0.3, -0.25) is 4.79 Å². The smallest absolute Gasteiger partial charge is 0.331 e. The van der Waals surface area contributed by atoms with Crippen molar-refractivity contribution >= 4 is 11.9 Å². The molecule has 0 amide bonds. The van der Waals surface area contributed by atoms with E-state index < -0.39 is 11.5 Å². The molecule has 2 aliphatic carbocycles. The van der Waals surface area contributed by atoms with Crippen LogP contribution in [-0.2, 0) is 19.1 Å². The van der Waals surface area contributed by atoms with Gasteiger partial charge in [0.1, 0.15) is 12.7 Å². The Bertz CT molecular complexity index is 723. The molecular weight excluding hydrogens is 360 g/mol. The number of aliphatic hydroxyl groups excluding tert-OH is 2. The number of allylic oxidation sites excluding steroid dienone is 1. The van der Waals surface area contributed by atoms with E-state index in [4.69, 9.17) is 9.47 Å². The zero-order valence-corrected chi connectivity index (χ0v) is 17.3. The molecule has 28 heavy (non-hydrogen) atoms. The monoisotopic (exact) mass is 392 g/mol. The molecule has 5 atom stereocenters. The summed E-state index contributed by atoms with van der Waals surface area (Å²) in [5.74, 6) is -0.683. The molecule has 5 unspecified atom stereocenters. The molecule has 1 aliphatic heterocycles. The summed E-state index contributed by atoms with van der Waals surface area (Å²) in [6.07, 6.45) is 3.92. The highest BCUT2D eigenvalue weighted by molar-refractivity contribution is 5.85. The summed E-state index contributed by atoms with van der Waals surface area (Å²) in [7, 11) is 0. The van der Waals surface area contributed by atoms with Gasteiger partial charge in [-0.25, -0.2) is 4.79 Å². The molecule has 0 aromatic carbocycles. The van der Waals surface area contributed by atoms with Crippen LogP contribution in [0.2, 0.25) is 0 Å². The Hall–Kier alpha value is -1.66. The van der Waals surface area contributed by atoms with Gasteiger partial charge >= 0.3 is 11.9 Å². The molecule has 0 radical (unpaired) electrons. The van der Waals surface area contributed by atoms with E-state index in [2.05, 4.69) is 13.8 Å². The van der Waals surface area contributed by atoms with Crippen molar-refractivity contribution in [3.63, 3.8) is 0 Å². The normalized spacial score (nSPS) is 38.0. The molecular formula is C22H32O6. The van der Waals surface area contributed by atoms with Crippen molar-refractivity contribution in [2.75, 3.05) is 13.2 Å². The van der Waals surface area contributed by atoms with Crippen LogP contribution >= 0.6 is 0 Å². The summed E-state index contributed by atoms with van der Waals surface area (Å²) < 4.78 is 10.7. The maximum Gasteiger partial charge on any atom is 0.331 e. The van der Waals surface area contributed by atoms with Gasteiger partial charge in [0, 0.05) is 37.4 Å². The van der Waals surface area contributed by atoms with Crippen molar-refractivity contribution < 1.29 is 29.3 Å². The third-order valence-electron chi connectivity index (χ3n) is 6.98. The Kier molecular flexibility index (Phi) is 5.74. The maximum absolute atomic E-state index is 11.8. The molecule has 0 bridgehead atoms. The van der Waals surface area contributed by atoms with Gasteiger partial charge in [-0.2, -0.15) is 0 Å².